The summed E-state index contributed by atoms with van der Waals surface area (Å²) in [6.45, 7) is 1.70. The molecule has 1 unspecified atom stereocenters. The van der Waals surface area contributed by atoms with Crippen LogP contribution < -0.4 is 0 Å². The highest BCUT2D eigenvalue weighted by atomic mass is 32.1. The van der Waals surface area contributed by atoms with Gasteiger partial charge in [-0.2, -0.15) is 0 Å². The monoisotopic (exact) mass is 239 g/mol. The van der Waals surface area contributed by atoms with E-state index in [1.807, 2.05) is 11.4 Å². The van der Waals surface area contributed by atoms with Crippen molar-refractivity contribution in [3.63, 3.8) is 0 Å². The lowest BCUT2D eigenvalue weighted by atomic mass is 10.1. The Bertz CT molecular complexity index is 337. The van der Waals surface area contributed by atoms with Gasteiger partial charge in [0.2, 0.25) is 0 Å². The van der Waals surface area contributed by atoms with E-state index in [4.69, 9.17) is 0 Å². The van der Waals surface area contributed by atoms with Crippen LogP contribution in [0.15, 0.2) is 17.5 Å². The maximum atomic E-state index is 11.2. The molecule has 1 saturated heterocycles. The fraction of sp³-hybridized carbons (Fsp3) is 0.583. The quantitative estimate of drug-likeness (QED) is 0.881. The second-order valence-corrected chi connectivity index (χ2v) is 5.29. The van der Waals surface area contributed by atoms with Gasteiger partial charge in [-0.1, -0.05) is 18.9 Å². The molecule has 1 aliphatic heterocycles. The van der Waals surface area contributed by atoms with Gasteiger partial charge in [0.1, 0.15) is 6.04 Å². The summed E-state index contributed by atoms with van der Waals surface area (Å²) in [6.07, 6.45) is 4.11. The molecule has 3 nitrogen and oxygen atoms in total. The largest absolute Gasteiger partial charge is 0.480 e. The lowest BCUT2D eigenvalue weighted by molar-refractivity contribution is -0.143. The summed E-state index contributed by atoms with van der Waals surface area (Å²) in [5, 5.41) is 11.3. The zero-order chi connectivity index (χ0) is 11.4. The van der Waals surface area contributed by atoms with Gasteiger partial charge in [-0.3, -0.25) is 9.69 Å². The van der Waals surface area contributed by atoms with Crippen LogP contribution >= 0.6 is 11.3 Å². The molecule has 0 spiro atoms. The van der Waals surface area contributed by atoms with Gasteiger partial charge in [0.05, 0.1) is 0 Å². The van der Waals surface area contributed by atoms with Gasteiger partial charge in [-0.15, -0.1) is 11.3 Å². The zero-order valence-corrected chi connectivity index (χ0v) is 10.1. The number of nitrogens with zero attached hydrogens (tertiary/aromatic N) is 1. The number of hydrogen-bond donors (Lipinski definition) is 1. The summed E-state index contributed by atoms with van der Waals surface area (Å²) in [7, 11) is 0. The summed E-state index contributed by atoms with van der Waals surface area (Å²) in [6, 6.07) is 3.81. The van der Waals surface area contributed by atoms with Crippen molar-refractivity contribution in [3.8, 4) is 0 Å². The first-order valence-corrected chi connectivity index (χ1v) is 6.64. The minimum absolute atomic E-state index is 0.287. The number of aliphatic carboxylic acids is 1. The van der Waals surface area contributed by atoms with Crippen molar-refractivity contribution < 1.29 is 9.90 Å². The van der Waals surface area contributed by atoms with E-state index < -0.39 is 5.97 Å². The molecule has 1 atom stereocenters. The predicted octanol–water partition coefficient (Wildman–Crippen LogP) is 2.58. The summed E-state index contributed by atoms with van der Waals surface area (Å²) in [5.74, 6) is -0.668. The van der Waals surface area contributed by atoms with E-state index in [1.165, 1.54) is 4.88 Å². The molecule has 2 rings (SSSR count). The topological polar surface area (TPSA) is 40.5 Å². The minimum atomic E-state index is -0.668. The van der Waals surface area contributed by atoms with Crippen LogP contribution in [-0.2, 0) is 11.3 Å². The molecule has 2 heterocycles. The molecule has 1 aromatic heterocycles. The van der Waals surface area contributed by atoms with Gasteiger partial charge in [0.25, 0.3) is 0 Å². The fourth-order valence-corrected chi connectivity index (χ4v) is 2.97. The van der Waals surface area contributed by atoms with E-state index in [0.717, 1.165) is 38.8 Å². The molecule has 1 N–H and O–H groups in total. The van der Waals surface area contributed by atoms with Gasteiger partial charge < -0.3 is 5.11 Å². The van der Waals surface area contributed by atoms with Crippen LogP contribution in [0.2, 0.25) is 0 Å². The van der Waals surface area contributed by atoms with Crippen LogP contribution in [0.25, 0.3) is 0 Å². The second kappa shape index (κ2) is 5.46. The number of carbonyl (C=O) groups is 1. The molecule has 0 aliphatic carbocycles. The van der Waals surface area contributed by atoms with E-state index in [9.17, 15) is 9.90 Å². The molecule has 1 aromatic rings. The first kappa shape index (κ1) is 11.6. The van der Waals surface area contributed by atoms with Crippen LogP contribution in [0.4, 0.5) is 0 Å². The molecule has 4 heteroatoms. The van der Waals surface area contributed by atoms with Crippen molar-refractivity contribution >= 4 is 17.3 Å². The van der Waals surface area contributed by atoms with Gasteiger partial charge in [-0.05, 0) is 30.8 Å². The highest BCUT2D eigenvalue weighted by Gasteiger charge is 2.26. The molecule has 0 aromatic carbocycles. The molecule has 88 valence electrons. The van der Waals surface area contributed by atoms with Crippen LogP contribution in [0.3, 0.4) is 0 Å². The molecular formula is C12H17NO2S. The standard InChI is InChI=1S/C12H17NO2S/c14-12(15)11-6-2-1-3-7-13(11)9-10-5-4-8-16-10/h4-5,8,11H,1-3,6-7,9H2,(H,14,15). The highest BCUT2D eigenvalue weighted by molar-refractivity contribution is 7.09. The third kappa shape index (κ3) is 2.83. The van der Waals surface area contributed by atoms with Crippen molar-refractivity contribution in [2.24, 2.45) is 0 Å². The van der Waals surface area contributed by atoms with Gasteiger partial charge >= 0.3 is 5.97 Å². The number of hydrogen-bond acceptors (Lipinski definition) is 3. The highest BCUT2D eigenvalue weighted by Crippen LogP contribution is 2.21. The first-order valence-electron chi connectivity index (χ1n) is 5.76. The summed E-state index contributed by atoms with van der Waals surface area (Å²) in [5.41, 5.74) is 0. The number of carboxylic acid groups (broad SMARTS) is 1. The third-order valence-corrected chi connectivity index (χ3v) is 3.95. The van der Waals surface area contributed by atoms with Crippen molar-refractivity contribution in [3.05, 3.63) is 22.4 Å². The normalized spacial score (nSPS) is 22.9. The van der Waals surface area contributed by atoms with Crippen molar-refractivity contribution in [2.45, 2.75) is 38.3 Å². The molecule has 0 radical (unpaired) electrons. The summed E-state index contributed by atoms with van der Waals surface area (Å²) < 4.78 is 0. The summed E-state index contributed by atoms with van der Waals surface area (Å²) >= 11 is 1.70. The van der Waals surface area contributed by atoms with Crippen LogP contribution in [0, 0.1) is 0 Å². The van der Waals surface area contributed by atoms with E-state index in [-0.39, 0.29) is 6.04 Å². The Kier molecular flexibility index (Phi) is 3.96. The number of rotatable bonds is 3. The Balaban J connectivity index is 2.05. The third-order valence-electron chi connectivity index (χ3n) is 3.09. The van der Waals surface area contributed by atoms with E-state index in [2.05, 4.69) is 11.0 Å². The molecular weight excluding hydrogens is 222 g/mol. The van der Waals surface area contributed by atoms with E-state index in [0.29, 0.717) is 0 Å². The number of likely N-dealkylation sites (tertiary alicyclic amines) is 1. The van der Waals surface area contributed by atoms with Crippen molar-refractivity contribution in [1.29, 1.82) is 0 Å². The molecule has 0 bridgehead atoms. The fourth-order valence-electron chi connectivity index (χ4n) is 2.24. The number of carboxylic acids is 1. The Labute approximate surface area is 99.7 Å². The SMILES string of the molecule is O=C(O)C1CCCCCN1Cc1cccs1. The van der Waals surface area contributed by atoms with Crippen molar-refractivity contribution in [2.75, 3.05) is 6.54 Å². The lowest BCUT2D eigenvalue weighted by Crippen LogP contribution is -2.39. The molecule has 1 aliphatic rings. The van der Waals surface area contributed by atoms with E-state index >= 15 is 0 Å². The summed E-state index contributed by atoms with van der Waals surface area (Å²) in [4.78, 5) is 14.6. The Morgan fingerprint density at radius 2 is 2.38 bits per heavy atom. The molecule has 16 heavy (non-hydrogen) atoms. The van der Waals surface area contributed by atoms with E-state index in [1.54, 1.807) is 11.3 Å². The van der Waals surface area contributed by atoms with Gasteiger partial charge in [0, 0.05) is 11.4 Å². The lowest BCUT2D eigenvalue weighted by Gasteiger charge is -2.25. The first-order chi connectivity index (χ1) is 7.77. The maximum absolute atomic E-state index is 11.2. The van der Waals surface area contributed by atoms with Crippen LogP contribution in [0.5, 0.6) is 0 Å². The Morgan fingerprint density at radius 1 is 1.50 bits per heavy atom. The van der Waals surface area contributed by atoms with Crippen LogP contribution in [0.1, 0.15) is 30.6 Å². The molecule has 1 fully saturated rings. The molecule has 0 amide bonds. The van der Waals surface area contributed by atoms with Crippen LogP contribution in [-0.4, -0.2) is 28.6 Å². The smallest absolute Gasteiger partial charge is 0.320 e. The Hall–Kier alpha value is -0.870. The number of thiophene rings is 1. The Morgan fingerprint density at radius 3 is 3.06 bits per heavy atom. The zero-order valence-electron chi connectivity index (χ0n) is 9.26. The van der Waals surface area contributed by atoms with Gasteiger partial charge in [-0.25, -0.2) is 0 Å². The predicted molar refractivity (Wildman–Crippen MR) is 64.6 cm³/mol. The second-order valence-electron chi connectivity index (χ2n) is 4.25. The molecule has 0 saturated carbocycles. The van der Waals surface area contributed by atoms with Gasteiger partial charge in [0.15, 0.2) is 0 Å². The minimum Gasteiger partial charge on any atom is -0.480 e. The maximum Gasteiger partial charge on any atom is 0.320 e. The average Bonchev–Trinajstić information content (AvgIpc) is 2.63. The average molecular weight is 239 g/mol. The van der Waals surface area contributed by atoms with Crippen molar-refractivity contribution in [1.82, 2.24) is 4.90 Å².